The Morgan fingerprint density at radius 2 is 1.79 bits per heavy atom. The molecule has 28 heavy (non-hydrogen) atoms. The van der Waals surface area contributed by atoms with Crippen LogP contribution in [0, 0.1) is 5.41 Å². The monoisotopic (exact) mass is 418 g/mol. The smallest absolute Gasteiger partial charge is 0.306 e. The second kappa shape index (κ2) is 8.54. The molecule has 0 aliphatic rings. The molecular weight excluding hydrogens is 395 g/mol. The number of aromatic nitrogens is 2. The predicted octanol–water partition coefficient (Wildman–Crippen LogP) is 5.91. The van der Waals surface area contributed by atoms with Crippen LogP contribution < -0.4 is 0 Å². The van der Waals surface area contributed by atoms with Gasteiger partial charge in [0.2, 0.25) is 0 Å². The van der Waals surface area contributed by atoms with Gasteiger partial charge in [0.15, 0.2) is 0 Å². The van der Waals surface area contributed by atoms with Gasteiger partial charge in [-0.15, -0.1) is 0 Å². The molecule has 0 N–H and O–H groups in total. The first-order valence-electron chi connectivity index (χ1n) is 9.32. The molecule has 0 atom stereocenters. The standard InChI is InChI=1S/C22H24Cl2N2O2/c1-4-28-21(27)13-22(2,3)12-20-25-18-11-17(24)9-10-19(18)26(20)14-15-5-7-16(23)8-6-15/h5-11H,4,12-14H2,1-3H3. The van der Waals surface area contributed by atoms with Gasteiger partial charge >= 0.3 is 5.97 Å². The van der Waals surface area contributed by atoms with Crippen molar-refractivity contribution in [1.29, 1.82) is 0 Å². The van der Waals surface area contributed by atoms with E-state index in [-0.39, 0.29) is 11.4 Å². The van der Waals surface area contributed by atoms with Crippen LogP contribution in [0.5, 0.6) is 0 Å². The van der Waals surface area contributed by atoms with Crippen molar-refractivity contribution in [2.45, 2.75) is 40.2 Å². The van der Waals surface area contributed by atoms with Gasteiger partial charge in [0.05, 0.1) is 24.1 Å². The third-order valence-electron chi connectivity index (χ3n) is 4.61. The van der Waals surface area contributed by atoms with Gasteiger partial charge in [-0.1, -0.05) is 49.2 Å². The largest absolute Gasteiger partial charge is 0.466 e. The molecule has 0 saturated heterocycles. The Labute approximate surface area is 175 Å². The number of hydrogen-bond acceptors (Lipinski definition) is 3. The van der Waals surface area contributed by atoms with Crippen molar-refractivity contribution < 1.29 is 9.53 Å². The van der Waals surface area contributed by atoms with E-state index in [4.69, 9.17) is 32.9 Å². The lowest BCUT2D eigenvalue weighted by molar-refractivity contribution is -0.145. The first-order valence-corrected chi connectivity index (χ1v) is 10.1. The van der Waals surface area contributed by atoms with Gasteiger partial charge < -0.3 is 9.30 Å². The molecule has 148 valence electrons. The average Bonchev–Trinajstić information content (AvgIpc) is 2.92. The summed E-state index contributed by atoms with van der Waals surface area (Å²) in [5.41, 5.74) is 2.71. The van der Waals surface area contributed by atoms with Gasteiger partial charge in [-0.25, -0.2) is 4.98 Å². The lowest BCUT2D eigenvalue weighted by atomic mass is 9.85. The van der Waals surface area contributed by atoms with Gasteiger partial charge in [-0.05, 0) is 48.2 Å². The lowest BCUT2D eigenvalue weighted by Gasteiger charge is -2.23. The van der Waals surface area contributed by atoms with Crippen molar-refractivity contribution in [2.75, 3.05) is 6.61 Å². The number of halogens is 2. The summed E-state index contributed by atoms with van der Waals surface area (Å²) in [5.74, 6) is 0.734. The summed E-state index contributed by atoms with van der Waals surface area (Å²) in [5, 5.41) is 1.36. The SMILES string of the molecule is CCOC(=O)CC(C)(C)Cc1nc2cc(Cl)ccc2n1Cc1ccc(Cl)cc1. The molecule has 0 bridgehead atoms. The lowest BCUT2D eigenvalue weighted by Crippen LogP contribution is -2.23. The molecule has 3 rings (SSSR count). The molecule has 6 heteroatoms. The van der Waals surface area contributed by atoms with E-state index in [0.717, 1.165) is 22.4 Å². The highest BCUT2D eigenvalue weighted by molar-refractivity contribution is 6.31. The maximum Gasteiger partial charge on any atom is 0.306 e. The number of hydrogen-bond donors (Lipinski definition) is 0. The highest BCUT2D eigenvalue weighted by Crippen LogP contribution is 2.30. The summed E-state index contributed by atoms with van der Waals surface area (Å²) in [4.78, 5) is 16.8. The van der Waals surface area contributed by atoms with Crippen LogP contribution in [0.15, 0.2) is 42.5 Å². The maximum absolute atomic E-state index is 12.0. The number of carbonyl (C=O) groups excluding carboxylic acids is 1. The van der Waals surface area contributed by atoms with Crippen LogP contribution in [0.1, 0.15) is 38.6 Å². The molecule has 0 unspecified atom stereocenters. The zero-order chi connectivity index (χ0) is 20.3. The number of fused-ring (bicyclic) bond motifs is 1. The maximum atomic E-state index is 12.0. The van der Waals surface area contributed by atoms with Crippen molar-refractivity contribution >= 4 is 40.2 Å². The molecule has 0 fully saturated rings. The van der Waals surface area contributed by atoms with E-state index in [0.29, 0.717) is 36.0 Å². The molecule has 1 heterocycles. The first-order chi connectivity index (χ1) is 13.3. The highest BCUT2D eigenvalue weighted by atomic mass is 35.5. The van der Waals surface area contributed by atoms with Crippen molar-refractivity contribution in [2.24, 2.45) is 5.41 Å². The molecule has 0 aliphatic carbocycles. The van der Waals surface area contributed by atoms with Gasteiger partial charge in [0.25, 0.3) is 0 Å². The number of esters is 1. The minimum atomic E-state index is -0.283. The minimum absolute atomic E-state index is 0.184. The summed E-state index contributed by atoms with van der Waals surface area (Å²) in [6.07, 6.45) is 0.984. The Morgan fingerprint density at radius 1 is 1.11 bits per heavy atom. The Hall–Kier alpha value is -2.04. The van der Waals surface area contributed by atoms with Crippen LogP contribution in [0.4, 0.5) is 0 Å². The normalized spacial score (nSPS) is 11.8. The Bertz CT molecular complexity index is 978. The van der Waals surface area contributed by atoms with Gasteiger partial charge in [0.1, 0.15) is 5.82 Å². The molecule has 0 amide bonds. The Balaban J connectivity index is 1.96. The number of rotatable bonds is 7. The number of carbonyl (C=O) groups is 1. The van der Waals surface area contributed by atoms with E-state index in [1.165, 1.54) is 0 Å². The van der Waals surface area contributed by atoms with E-state index in [2.05, 4.69) is 18.4 Å². The summed E-state index contributed by atoms with van der Waals surface area (Å²) < 4.78 is 7.31. The third kappa shape index (κ3) is 5.06. The average molecular weight is 419 g/mol. The van der Waals surface area contributed by atoms with Crippen LogP contribution in [0.3, 0.4) is 0 Å². The minimum Gasteiger partial charge on any atom is -0.466 e. The van der Waals surface area contributed by atoms with Crippen LogP contribution in [0.2, 0.25) is 10.0 Å². The Kier molecular flexibility index (Phi) is 6.31. The second-order valence-corrected chi connectivity index (χ2v) is 8.57. The topological polar surface area (TPSA) is 44.1 Å². The highest BCUT2D eigenvalue weighted by Gasteiger charge is 2.26. The van der Waals surface area contributed by atoms with E-state index in [9.17, 15) is 4.79 Å². The number of nitrogens with zero attached hydrogens (tertiary/aromatic N) is 2. The fraction of sp³-hybridized carbons (Fsp3) is 0.364. The fourth-order valence-corrected chi connectivity index (χ4v) is 3.62. The number of ether oxygens (including phenoxy) is 1. The number of benzene rings is 2. The van der Waals surface area contributed by atoms with Crippen LogP contribution >= 0.6 is 23.2 Å². The predicted molar refractivity (Wildman–Crippen MR) is 114 cm³/mol. The Morgan fingerprint density at radius 3 is 2.46 bits per heavy atom. The van der Waals surface area contributed by atoms with Crippen molar-refractivity contribution in [3.05, 3.63) is 63.9 Å². The summed E-state index contributed by atoms with van der Waals surface area (Å²) >= 11 is 12.2. The zero-order valence-corrected chi connectivity index (χ0v) is 17.8. The first kappa shape index (κ1) is 20.7. The summed E-state index contributed by atoms with van der Waals surface area (Å²) in [7, 11) is 0. The molecule has 0 saturated carbocycles. The van der Waals surface area contributed by atoms with E-state index >= 15 is 0 Å². The number of imidazole rings is 1. The zero-order valence-electron chi connectivity index (χ0n) is 16.3. The van der Waals surface area contributed by atoms with Crippen LogP contribution in [-0.4, -0.2) is 22.1 Å². The summed E-state index contributed by atoms with van der Waals surface area (Å²) in [6, 6.07) is 13.5. The van der Waals surface area contributed by atoms with E-state index in [1.807, 2.05) is 49.4 Å². The van der Waals surface area contributed by atoms with Gasteiger partial charge in [-0.3, -0.25) is 4.79 Å². The molecular formula is C22H24Cl2N2O2. The summed E-state index contributed by atoms with van der Waals surface area (Å²) in [6.45, 7) is 6.99. The molecule has 1 aromatic heterocycles. The molecule has 0 radical (unpaired) electrons. The van der Waals surface area contributed by atoms with E-state index < -0.39 is 0 Å². The molecule has 3 aromatic rings. The molecule has 0 spiro atoms. The van der Waals surface area contributed by atoms with Gasteiger partial charge in [-0.2, -0.15) is 0 Å². The van der Waals surface area contributed by atoms with E-state index in [1.54, 1.807) is 0 Å². The van der Waals surface area contributed by atoms with Crippen LogP contribution in [0.25, 0.3) is 11.0 Å². The van der Waals surface area contributed by atoms with Gasteiger partial charge in [0, 0.05) is 23.0 Å². The fourth-order valence-electron chi connectivity index (χ4n) is 3.33. The second-order valence-electron chi connectivity index (χ2n) is 7.70. The van der Waals surface area contributed by atoms with Crippen LogP contribution in [-0.2, 0) is 22.5 Å². The quantitative estimate of drug-likeness (QED) is 0.447. The third-order valence-corrected chi connectivity index (χ3v) is 5.10. The van der Waals surface area contributed by atoms with Crippen molar-refractivity contribution in [3.8, 4) is 0 Å². The molecule has 2 aromatic carbocycles. The van der Waals surface area contributed by atoms with Crippen molar-refractivity contribution in [1.82, 2.24) is 9.55 Å². The molecule has 4 nitrogen and oxygen atoms in total. The van der Waals surface area contributed by atoms with Crippen molar-refractivity contribution in [3.63, 3.8) is 0 Å². The molecule has 0 aliphatic heterocycles.